The molecular formula is C17H31NO2. The van der Waals surface area contributed by atoms with Crippen molar-refractivity contribution in [2.24, 2.45) is 34.8 Å². The van der Waals surface area contributed by atoms with Crippen LogP contribution in [0.5, 0.6) is 0 Å². The normalized spacial score (nSPS) is 25.1. The number of unbranched alkanes of at least 4 members (excludes halogenated alkanes) is 1. The number of carbonyl (C=O) groups is 2. The second kappa shape index (κ2) is 6.73. The fraction of sp³-hybridized carbons (Fsp3) is 0.882. The number of primary amides is 1. The van der Waals surface area contributed by atoms with E-state index in [9.17, 15) is 9.59 Å². The number of ketones is 1. The molecule has 0 bridgehead atoms. The fourth-order valence-electron chi connectivity index (χ4n) is 3.03. The van der Waals surface area contributed by atoms with E-state index in [1.807, 2.05) is 20.8 Å². The zero-order valence-electron chi connectivity index (χ0n) is 13.7. The van der Waals surface area contributed by atoms with Crippen molar-refractivity contribution >= 4 is 11.7 Å². The molecule has 1 aliphatic carbocycles. The smallest absolute Gasteiger partial charge is 0.221 e. The molecule has 20 heavy (non-hydrogen) atoms. The van der Waals surface area contributed by atoms with Crippen LogP contribution in [0.2, 0.25) is 0 Å². The second-order valence-electron chi connectivity index (χ2n) is 7.58. The average Bonchev–Trinajstić information content (AvgIpc) is 3.01. The Morgan fingerprint density at radius 2 is 1.80 bits per heavy atom. The molecular weight excluding hydrogens is 250 g/mol. The Labute approximate surface area is 123 Å². The van der Waals surface area contributed by atoms with Crippen LogP contribution in [-0.2, 0) is 9.59 Å². The maximum Gasteiger partial charge on any atom is 0.221 e. The minimum Gasteiger partial charge on any atom is -0.369 e. The number of carbonyl (C=O) groups excluding carboxylic acids is 2. The Morgan fingerprint density at radius 3 is 2.15 bits per heavy atom. The molecule has 0 spiro atoms. The van der Waals surface area contributed by atoms with E-state index < -0.39 is 5.41 Å². The molecule has 1 saturated carbocycles. The molecule has 1 amide bonds. The highest BCUT2D eigenvalue weighted by molar-refractivity contribution is 5.91. The average molecular weight is 281 g/mol. The Hall–Kier alpha value is -0.860. The Balaban J connectivity index is 2.87. The van der Waals surface area contributed by atoms with E-state index in [2.05, 4.69) is 13.8 Å². The van der Waals surface area contributed by atoms with Crippen molar-refractivity contribution in [3.05, 3.63) is 0 Å². The number of hydrogen-bond acceptors (Lipinski definition) is 2. The highest BCUT2D eigenvalue weighted by Gasteiger charge is 2.43. The number of Topliss-reactive ketones (excluding diaryl/α,β-unsaturated/α-hetero) is 1. The molecule has 0 saturated heterocycles. The van der Waals surface area contributed by atoms with Gasteiger partial charge in [-0.1, -0.05) is 47.5 Å². The predicted molar refractivity (Wildman–Crippen MR) is 82.0 cm³/mol. The molecule has 0 aromatic rings. The van der Waals surface area contributed by atoms with Gasteiger partial charge in [-0.25, -0.2) is 0 Å². The zero-order chi connectivity index (χ0) is 15.5. The summed E-state index contributed by atoms with van der Waals surface area (Å²) in [5.41, 5.74) is 5.20. The first-order valence-corrected chi connectivity index (χ1v) is 8.02. The summed E-state index contributed by atoms with van der Waals surface area (Å²) >= 11 is 0. The van der Waals surface area contributed by atoms with Gasteiger partial charge < -0.3 is 5.73 Å². The van der Waals surface area contributed by atoms with Gasteiger partial charge in [0.05, 0.1) is 0 Å². The van der Waals surface area contributed by atoms with Crippen molar-refractivity contribution in [2.75, 3.05) is 0 Å². The fourth-order valence-corrected chi connectivity index (χ4v) is 3.03. The molecule has 0 aromatic carbocycles. The second-order valence-corrected chi connectivity index (χ2v) is 7.58. The highest BCUT2D eigenvalue weighted by atomic mass is 16.1. The third-order valence-electron chi connectivity index (χ3n) is 4.63. The number of amides is 1. The third kappa shape index (κ3) is 4.60. The van der Waals surface area contributed by atoms with Crippen molar-refractivity contribution in [3.63, 3.8) is 0 Å². The maximum absolute atomic E-state index is 12.7. The van der Waals surface area contributed by atoms with Gasteiger partial charge in [0.25, 0.3) is 0 Å². The van der Waals surface area contributed by atoms with Crippen molar-refractivity contribution in [2.45, 2.75) is 66.7 Å². The molecule has 0 radical (unpaired) electrons. The molecule has 0 heterocycles. The van der Waals surface area contributed by atoms with Crippen LogP contribution in [0.25, 0.3) is 0 Å². The van der Waals surface area contributed by atoms with Gasteiger partial charge >= 0.3 is 0 Å². The molecule has 3 nitrogen and oxygen atoms in total. The van der Waals surface area contributed by atoms with Gasteiger partial charge in [0.1, 0.15) is 5.78 Å². The maximum atomic E-state index is 12.7. The topological polar surface area (TPSA) is 60.2 Å². The van der Waals surface area contributed by atoms with Crippen LogP contribution in [0.3, 0.4) is 0 Å². The minimum absolute atomic E-state index is 0.186. The first-order chi connectivity index (χ1) is 9.18. The van der Waals surface area contributed by atoms with Gasteiger partial charge in [0, 0.05) is 17.3 Å². The van der Waals surface area contributed by atoms with Crippen LogP contribution < -0.4 is 5.73 Å². The highest BCUT2D eigenvalue weighted by Crippen LogP contribution is 2.45. The van der Waals surface area contributed by atoms with Crippen LogP contribution in [0.15, 0.2) is 0 Å². The Morgan fingerprint density at radius 1 is 1.25 bits per heavy atom. The van der Waals surface area contributed by atoms with E-state index in [1.54, 1.807) is 0 Å². The van der Waals surface area contributed by atoms with E-state index in [4.69, 9.17) is 5.73 Å². The van der Waals surface area contributed by atoms with E-state index in [0.717, 1.165) is 25.7 Å². The largest absolute Gasteiger partial charge is 0.369 e. The quantitative estimate of drug-likeness (QED) is 0.739. The monoisotopic (exact) mass is 281 g/mol. The SMILES string of the molecule is CCCC[C@H](C(N)=O)[C@@H](CC1CC1C)C(=O)C(C)(C)C. The lowest BCUT2D eigenvalue weighted by Crippen LogP contribution is -2.39. The Bertz CT molecular complexity index is 356. The summed E-state index contributed by atoms with van der Waals surface area (Å²) < 4.78 is 0. The first kappa shape index (κ1) is 17.2. The van der Waals surface area contributed by atoms with E-state index >= 15 is 0 Å². The molecule has 2 unspecified atom stereocenters. The van der Waals surface area contributed by atoms with Crippen LogP contribution in [-0.4, -0.2) is 11.7 Å². The van der Waals surface area contributed by atoms with Crippen LogP contribution in [0.4, 0.5) is 0 Å². The van der Waals surface area contributed by atoms with Crippen LogP contribution in [0, 0.1) is 29.1 Å². The van der Waals surface area contributed by atoms with Gasteiger partial charge in [-0.3, -0.25) is 9.59 Å². The standard InChI is InChI=1S/C17H31NO2/c1-6-7-8-13(16(18)20)14(10-12-9-11(12)2)15(19)17(3,4)5/h11-14H,6-10H2,1-5H3,(H2,18,20)/t11?,12?,13-,14+/m0/s1. The lowest BCUT2D eigenvalue weighted by molar-refractivity contribution is -0.137. The summed E-state index contributed by atoms with van der Waals surface area (Å²) in [5, 5.41) is 0. The van der Waals surface area contributed by atoms with E-state index in [0.29, 0.717) is 11.8 Å². The van der Waals surface area contributed by atoms with Crippen molar-refractivity contribution in [1.29, 1.82) is 0 Å². The van der Waals surface area contributed by atoms with Gasteiger partial charge in [0.15, 0.2) is 0 Å². The lowest BCUT2D eigenvalue weighted by Gasteiger charge is -2.29. The number of nitrogens with two attached hydrogens (primary N) is 1. The first-order valence-electron chi connectivity index (χ1n) is 8.02. The molecule has 1 aliphatic rings. The molecule has 3 heteroatoms. The molecule has 1 rings (SSSR count). The van der Waals surface area contributed by atoms with Gasteiger partial charge in [-0.05, 0) is 31.1 Å². The Kier molecular flexibility index (Phi) is 5.79. The number of hydrogen-bond donors (Lipinski definition) is 1. The molecule has 4 atom stereocenters. The molecule has 0 aliphatic heterocycles. The van der Waals surface area contributed by atoms with Crippen LogP contribution in [0.1, 0.15) is 66.7 Å². The number of rotatable bonds is 8. The summed E-state index contributed by atoms with van der Waals surface area (Å²) in [6.07, 6.45) is 4.77. The summed E-state index contributed by atoms with van der Waals surface area (Å²) in [6, 6.07) is 0. The predicted octanol–water partition coefficient (Wildman–Crippen LogP) is 3.56. The molecule has 1 fully saturated rings. The molecule has 116 valence electrons. The summed E-state index contributed by atoms with van der Waals surface area (Å²) in [5.74, 6) is 0.745. The van der Waals surface area contributed by atoms with Gasteiger partial charge in [-0.15, -0.1) is 0 Å². The van der Waals surface area contributed by atoms with Crippen LogP contribution >= 0.6 is 0 Å². The molecule has 2 N–H and O–H groups in total. The molecule has 0 aromatic heterocycles. The lowest BCUT2D eigenvalue weighted by atomic mass is 9.73. The van der Waals surface area contributed by atoms with Crippen molar-refractivity contribution < 1.29 is 9.59 Å². The van der Waals surface area contributed by atoms with E-state index in [-0.39, 0.29) is 23.5 Å². The summed E-state index contributed by atoms with van der Waals surface area (Å²) in [6.45, 7) is 10.1. The van der Waals surface area contributed by atoms with E-state index in [1.165, 1.54) is 6.42 Å². The third-order valence-corrected chi connectivity index (χ3v) is 4.63. The summed E-state index contributed by atoms with van der Waals surface area (Å²) in [7, 11) is 0. The van der Waals surface area contributed by atoms with Crippen molar-refractivity contribution in [3.8, 4) is 0 Å². The summed E-state index contributed by atoms with van der Waals surface area (Å²) in [4.78, 5) is 24.6. The van der Waals surface area contributed by atoms with Crippen molar-refractivity contribution in [1.82, 2.24) is 0 Å². The van der Waals surface area contributed by atoms with Gasteiger partial charge in [-0.2, -0.15) is 0 Å². The van der Waals surface area contributed by atoms with Gasteiger partial charge in [0.2, 0.25) is 5.91 Å². The minimum atomic E-state index is -0.400. The zero-order valence-corrected chi connectivity index (χ0v) is 13.7.